The van der Waals surface area contributed by atoms with Crippen LogP contribution in [0, 0.1) is 29.2 Å². The largest absolute Gasteiger partial charge is 0.283 e. The van der Waals surface area contributed by atoms with Crippen molar-refractivity contribution in [2.75, 3.05) is 0 Å². The van der Waals surface area contributed by atoms with Crippen molar-refractivity contribution in [1.82, 2.24) is 5.32 Å². The van der Waals surface area contributed by atoms with Gasteiger partial charge in [-0.05, 0) is 19.3 Å². The predicted octanol–water partition coefficient (Wildman–Crippen LogP) is 0.708. The maximum absolute atomic E-state index is 8.59. The average Bonchev–Trinajstić information content (AvgIpc) is 2.06. The molecule has 1 fully saturated rings. The molecule has 0 aromatic heterocycles. The van der Waals surface area contributed by atoms with Crippen LogP contribution in [-0.2, 0) is 0 Å². The van der Waals surface area contributed by atoms with Gasteiger partial charge in [-0.25, -0.2) is 0 Å². The molecular weight excluding hydrogens is 126 g/mol. The van der Waals surface area contributed by atoms with E-state index in [4.69, 9.17) is 10.5 Å². The van der Waals surface area contributed by atoms with Gasteiger partial charge in [0.1, 0.15) is 12.1 Å². The van der Waals surface area contributed by atoms with Gasteiger partial charge < -0.3 is 0 Å². The van der Waals surface area contributed by atoms with Gasteiger partial charge in [0.2, 0.25) is 0 Å². The Morgan fingerprint density at radius 1 is 1.40 bits per heavy atom. The number of nitriles is 2. The van der Waals surface area contributed by atoms with Crippen molar-refractivity contribution in [3.63, 3.8) is 0 Å². The Bertz CT molecular complexity index is 174. The Morgan fingerprint density at radius 3 is 2.40 bits per heavy atom. The van der Waals surface area contributed by atoms with Gasteiger partial charge >= 0.3 is 0 Å². The van der Waals surface area contributed by atoms with E-state index in [0.717, 1.165) is 12.8 Å². The van der Waals surface area contributed by atoms with E-state index in [1.165, 1.54) is 0 Å². The third-order valence-electron chi connectivity index (χ3n) is 1.63. The van der Waals surface area contributed by atoms with Crippen LogP contribution < -0.4 is 5.32 Å². The molecule has 1 saturated heterocycles. The molecule has 3 nitrogen and oxygen atoms in total. The zero-order valence-corrected chi connectivity index (χ0v) is 5.59. The topological polar surface area (TPSA) is 59.6 Å². The van der Waals surface area contributed by atoms with Crippen LogP contribution in [-0.4, -0.2) is 5.54 Å². The highest BCUT2D eigenvalue weighted by atomic mass is 15.0. The lowest BCUT2D eigenvalue weighted by Gasteiger charge is -2.24. The number of hydrogen-bond donors (Lipinski definition) is 1. The van der Waals surface area contributed by atoms with Gasteiger partial charge in [-0.3, -0.25) is 5.32 Å². The van der Waals surface area contributed by atoms with Crippen LogP contribution in [0.5, 0.6) is 0 Å². The molecule has 1 N–H and O–H groups in total. The molecule has 1 aliphatic rings. The summed E-state index contributed by atoms with van der Waals surface area (Å²) < 4.78 is 0. The molecule has 0 unspecified atom stereocenters. The minimum Gasteiger partial charge on any atom is -0.283 e. The quantitative estimate of drug-likeness (QED) is 0.530. The molecule has 0 atom stereocenters. The Morgan fingerprint density at radius 2 is 2.10 bits per heavy atom. The number of nitrogens with one attached hydrogen (secondary N) is 1. The maximum atomic E-state index is 8.59. The Kier molecular flexibility index (Phi) is 1.89. The van der Waals surface area contributed by atoms with Gasteiger partial charge in [-0.15, -0.1) is 0 Å². The summed E-state index contributed by atoms with van der Waals surface area (Å²) in [4.78, 5) is 0. The zero-order valence-electron chi connectivity index (χ0n) is 5.59. The summed E-state index contributed by atoms with van der Waals surface area (Å²) in [6.45, 7) is 1.79. The van der Waals surface area contributed by atoms with Crippen molar-refractivity contribution in [3.8, 4) is 12.1 Å². The van der Waals surface area contributed by atoms with E-state index in [1.807, 2.05) is 12.1 Å². The molecular formula is C7H8N3. The normalized spacial score (nSPS) is 22.6. The number of rotatable bonds is 0. The van der Waals surface area contributed by atoms with Crippen LogP contribution in [0.4, 0.5) is 0 Å². The average molecular weight is 134 g/mol. The second-order valence-electron chi connectivity index (χ2n) is 2.37. The molecule has 0 saturated carbocycles. The van der Waals surface area contributed by atoms with Crippen molar-refractivity contribution < 1.29 is 0 Å². The summed E-state index contributed by atoms with van der Waals surface area (Å²) in [5, 5.41) is 20.0. The van der Waals surface area contributed by atoms with Crippen LogP contribution in [0.2, 0.25) is 0 Å². The van der Waals surface area contributed by atoms with E-state index in [2.05, 4.69) is 5.32 Å². The minimum atomic E-state index is -0.932. The van der Waals surface area contributed by atoms with E-state index < -0.39 is 5.54 Å². The summed E-state index contributed by atoms with van der Waals surface area (Å²) in [5.41, 5.74) is -0.932. The first-order chi connectivity index (χ1) is 4.83. The lowest BCUT2D eigenvalue weighted by Crippen LogP contribution is -2.43. The van der Waals surface area contributed by atoms with Crippen molar-refractivity contribution in [2.45, 2.75) is 24.8 Å². The van der Waals surface area contributed by atoms with Crippen LogP contribution in [0.1, 0.15) is 19.3 Å². The summed E-state index contributed by atoms with van der Waals surface area (Å²) in [6, 6.07) is 3.93. The van der Waals surface area contributed by atoms with Gasteiger partial charge in [0.05, 0.1) is 0 Å². The molecule has 1 radical (unpaired) electrons. The van der Waals surface area contributed by atoms with Crippen molar-refractivity contribution >= 4 is 0 Å². The monoisotopic (exact) mass is 134 g/mol. The van der Waals surface area contributed by atoms with Gasteiger partial charge in [-0.2, -0.15) is 10.5 Å². The molecule has 1 aliphatic heterocycles. The van der Waals surface area contributed by atoms with Gasteiger partial charge in [0.15, 0.2) is 5.54 Å². The first-order valence-corrected chi connectivity index (χ1v) is 3.25. The fraction of sp³-hybridized carbons (Fsp3) is 0.571. The summed E-state index contributed by atoms with van der Waals surface area (Å²) in [5.74, 6) is 0. The van der Waals surface area contributed by atoms with Gasteiger partial charge in [-0.1, -0.05) is 0 Å². The number of nitrogens with zero attached hydrogens (tertiary/aromatic N) is 2. The lowest BCUT2D eigenvalue weighted by atomic mass is 9.92. The molecule has 1 rings (SSSR count). The minimum absolute atomic E-state index is 0.635. The second-order valence-corrected chi connectivity index (χ2v) is 2.37. The Hall–Kier alpha value is -1.06. The smallest absolute Gasteiger partial charge is 0.194 e. The molecule has 0 amide bonds. The van der Waals surface area contributed by atoms with E-state index in [1.54, 1.807) is 6.54 Å². The predicted molar refractivity (Wildman–Crippen MR) is 35.2 cm³/mol. The molecule has 1 heterocycles. The molecule has 0 aromatic carbocycles. The highest BCUT2D eigenvalue weighted by molar-refractivity contribution is 5.23. The number of piperidine rings is 1. The molecule has 0 aliphatic carbocycles. The lowest BCUT2D eigenvalue weighted by molar-refractivity contribution is 0.435. The van der Waals surface area contributed by atoms with Crippen molar-refractivity contribution in [3.05, 3.63) is 6.54 Å². The highest BCUT2D eigenvalue weighted by Crippen LogP contribution is 2.18. The maximum Gasteiger partial charge on any atom is 0.194 e. The van der Waals surface area contributed by atoms with Crippen LogP contribution in [0.25, 0.3) is 0 Å². The third-order valence-corrected chi connectivity index (χ3v) is 1.63. The zero-order chi connectivity index (χ0) is 7.45. The second kappa shape index (κ2) is 2.68. The van der Waals surface area contributed by atoms with E-state index in [-0.39, 0.29) is 0 Å². The molecule has 51 valence electrons. The third kappa shape index (κ3) is 1.10. The van der Waals surface area contributed by atoms with E-state index in [9.17, 15) is 0 Å². The molecule has 10 heavy (non-hydrogen) atoms. The van der Waals surface area contributed by atoms with Crippen LogP contribution in [0.3, 0.4) is 0 Å². The van der Waals surface area contributed by atoms with Crippen LogP contribution in [0.15, 0.2) is 0 Å². The first-order valence-electron chi connectivity index (χ1n) is 3.25. The van der Waals surface area contributed by atoms with Crippen molar-refractivity contribution in [2.24, 2.45) is 0 Å². The molecule has 3 heteroatoms. The van der Waals surface area contributed by atoms with E-state index >= 15 is 0 Å². The van der Waals surface area contributed by atoms with E-state index in [0.29, 0.717) is 6.42 Å². The SMILES string of the molecule is N#CC1(C#N)CCC[CH]N1. The molecule has 0 spiro atoms. The Balaban J connectivity index is 2.67. The Labute approximate surface area is 60.3 Å². The summed E-state index contributed by atoms with van der Waals surface area (Å²) in [7, 11) is 0. The molecule has 0 aromatic rings. The first kappa shape index (κ1) is 7.05. The standard InChI is InChI=1S/C7H8N3/c8-5-7(6-9)3-1-2-4-10-7/h4,10H,1-3H2. The highest BCUT2D eigenvalue weighted by Gasteiger charge is 2.31. The summed E-state index contributed by atoms with van der Waals surface area (Å²) >= 11 is 0. The van der Waals surface area contributed by atoms with Crippen molar-refractivity contribution in [1.29, 1.82) is 10.5 Å². The van der Waals surface area contributed by atoms with Crippen LogP contribution >= 0.6 is 0 Å². The fourth-order valence-corrected chi connectivity index (χ4v) is 0.989. The fourth-order valence-electron chi connectivity index (χ4n) is 0.989. The summed E-state index contributed by atoms with van der Waals surface area (Å²) in [6.07, 6.45) is 2.51. The number of hydrogen-bond acceptors (Lipinski definition) is 3. The van der Waals surface area contributed by atoms with Gasteiger partial charge in [0, 0.05) is 6.54 Å². The molecule has 0 bridgehead atoms. The van der Waals surface area contributed by atoms with Gasteiger partial charge in [0.25, 0.3) is 0 Å².